The average molecular weight is 296 g/mol. The van der Waals surface area contributed by atoms with Crippen molar-refractivity contribution in [1.29, 1.82) is 0 Å². The van der Waals surface area contributed by atoms with Crippen LogP contribution in [0.5, 0.6) is 0 Å². The van der Waals surface area contributed by atoms with Gasteiger partial charge in [0.1, 0.15) is 0 Å². The lowest BCUT2D eigenvalue weighted by molar-refractivity contribution is 0.0142. The Morgan fingerprint density at radius 2 is 1.95 bits per heavy atom. The summed E-state index contributed by atoms with van der Waals surface area (Å²) in [5.41, 5.74) is -0.128. The highest BCUT2D eigenvalue weighted by atomic mass is 16.3. The molecule has 0 bridgehead atoms. The summed E-state index contributed by atoms with van der Waals surface area (Å²) in [6, 6.07) is 1.38. The highest BCUT2D eigenvalue weighted by Crippen LogP contribution is 2.37. The Morgan fingerprint density at radius 3 is 2.67 bits per heavy atom. The summed E-state index contributed by atoms with van der Waals surface area (Å²) >= 11 is 0. The first kappa shape index (κ1) is 17.2. The zero-order valence-corrected chi connectivity index (χ0v) is 14.4. The zero-order chi connectivity index (χ0) is 15.3. The minimum atomic E-state index is -0.128. The van der Waals surface area contributed by atoms with E-state index in [0.29, 0.717) is 6.04 Å². The highest BCUT2D eigenvalue weighted by Gasteiger charge is 2.37. The third kappa shape index (κ3) is 4.43. The third-order valence-corrected chi connectivity index (χ3v) is 5.75. The number of nitrogens with one attached hydrogen (secondary N) is 1. The van der Waals surface area contributed by atoms with Crippen LogP contribution in [0.4, 0.5) is 0 Å². The van der Waals surface area contributed by atoms with Crippen molar-refractivity contribution in [3.05, 3.63) is 0 Å². The topological polar surface area (TPSA) is 35.5 Å². The monoisotopic (exact) mass is 296 g/mol. The van der Waals surface area contributed by atoms with Gasteiger partial charge in [0, 0.05) is 17.6 Å². The number of nitrogens with zero attached hydrogens (tertiary/aromatic N) is 1. The Labute approximate surface area is 131 Å². The summed E-state index contributed by atoms with van der Waals surface area (Å²) in [6.07, 6.45) is 10.7. The zero-order valence-electron chi connectivity index (χ0n) is 14.4. The molecule has 1 saturated carbocycles. The minimum Gasteiger partial charge on any atom is -0.394 e. The normalized spacial score (nSPS) is 31.4. The Bertz CT molecular complexity index is 308. The molecule has 2 fully saturated rings. The second-order valence-electron chi connectivity index (χ2n) is 7.69. The van der Waals surface area contributed by atoms with Gasteiger partial charge in [-0.25, -0.2) is 0 Å². The van der Waals surface area contributed by atoms with E-state index in [1.807, 2.05) is 0 Å². The molecule has 0 aromatic carbocycles. The summed E-state index contributed by atoms with van der Waals surface area (Å²) in [6.45, 7) is 9.23. The molecular formula is C18H36N2O. The third-order valence-electron chi connectivity index (χ3n) is 5.75. The Kier molecular flexibility index (Phi) is 6.51. The lowest BCUT2D eigenvalue weighted by Crippen LogP contribution is -2.55. The molecule has 0 radical (unpaired) electrons. The molecule has 0 aromatic rings. The molecule has 2 aliphatic rings. The number of aliphatic hydroxyl groups excluding tert-OH is 1. The molecule has 21 heavy (non-hydrogen) atoms. The number of aliphatic hydroxyl groups is 1. The van der Waals surface area contributed by atoms with Crippen molar-refractivity contribution in [3.8, 4) is 0 Å². The number of fused-ring (bicyclic) bond motifs is 1. The summed E-state index contributed by atoms with van der Waals surface area (Å²) in [7, 11) is 0. The van der Waals surface area contributed by atoms with E-state index in [-0.39, 0.29) is 12.1 Å². The van der Waals surface area contributed by atoms with E-state index in [9.17, 15) is 5.11 Å². The molecule has 1 aliphatic heterocycles. The first-order valence-electron chi connectivity index (χ1n) is 9.21. The molecule has 4 unspecified atom stereocenters. The van der Waals surface area contributed by atoms with Crippen LogP contribution in [0.2, 0.25) is 0 Å². The van der Waals surface area contributed by atoms with Gasteiger partial charge in [-0.3, -0.25) is 4.90 Å². The summed E-state index contributed by atoms with van der Waals surface area (Å²) in [5.74, 6) is 0.943. The number of hydrogen-bond donors (Lipinski definition) is 2. The van der Waals surface area contributed by atoms with Crippen molar-refractivity contribution in [3.63, 3.8) is 0 Å². The highest BCUT2D eigenvalue weighted by molar-refractivity contribution is 4.93. The van der Waals surface area contributed by atoms with Crippen LogP contribution in [-0.2, 0) is 0 Å². The number of rotatable bonds is 7. The maximum absolute atomic E-state index is 9.81. The van der Waals surface area contributed by atoms with Gasteiger partial charge < -0.3 is 10.4 Å². The Balaban J connectivity index is 1.95. The molecular weight excluding hydrogens is 260 g/mol. The van der Waals surface area contributed by atoms with Crippen molar-refractivity contribution in [2.45, 2.75) is 89.8 Å². The molecule has 0 aromatic heterocycles. The van der Waals surface area contributed by atoms with Crippen LogP contribution >= 0.6 is 0 Å². The summed E-state index contributed by atoms with van der Waals surface area (Å²) < 4.78 is 0. The smallest absolute Gasteiger partial charge is 0.0611 e. The fourth-order valence-electron chi connectivity index (χ4n) is 4.60. The van der Waals surface area contributed by atoms with Crippen molar-refractivity contribution in [2.24, 2.45) is 5.92 Å². The van der Waals surface area contributed by atoms with E-state index in [4.69, 9.17) is 0 Å². The molecule has 4 atom stereocenters. The van der Waals surface area contributed by atoms with Crippen molar-refractivity contribution in [2.75, 3.05) is 19.7 Å². The maximum atomic E-state index is 9.81. The molecule has 3 nitrogen and oxygen atoms in total. The Hall–Kier alpha value is -0.120. The Morgan fingerprint density at radius 1 is 1.24 bits per heavy atom. The van der Waals surface area contributed by atoms with E-state index >= 15 is 0 Å². The van der Waals surface area contributed by atoms with Crippen LogP contribution in [0.25, 0.3) is 0 Å². The molecule has 1 aliphatic carbocycles. The molecule has 2 N–H and O–H groups in total. The molecule has 124 valence electrons. The maximum Gasteiger partial charge on any atom is 0.0611 e. The number of piperidine rings is 1. The van der Waals surface area contributed by atoms with Crippen LogP contribution < -0.4 is 5.32 Å². The van der Waals surface area contributed by atoms with Crippen LogP contribution in [0.15, 0.2) is 0 Å². The van der Waals surface area contributed by atoms with E-state index in [1.165, 1.54) is 45.1 Å². The van der Waals surface area contributed by atoms with E-state index < -0.39 is 0 Å². The first-order valence-corrected chi connectivity index (χ1v) is 9.21. The first-order chi connectivity index (χ1) is 10.1. The van der Waals surface area contributed by atoms with Crippen LogP contribution in [0.3, 0.4) is 0 Å². The average Bonchev–Trinajstić information content (AvgIpc) is 2.52. The molecule has 1 heterocycles. The van der Waals surface area contributed by atoms with Gasteiger partial charge in [0.15, 0.2) is 0 Å². The standard InChI is InChI=1S/C18H36N2O/c1-4-11-19-18(3,14-21)13-15(2)20-12-7-9-16-8-5-6-10-17(16)20/h15-17,19,21H,4-14H2,1-3H3. The van der Waals surface area contributed by atoms with Gasteiger partial charge in [0.05, 0.1) is 6.61 Å². The predicted molar refractivity (Wildman–Crippen MR) is 89.5 cm³/mol. The van der Waals surface area contributed by atoms with Crippen molar-refractivity contribution >= 4 is 0 Å². The van der Waals surface area contributed by atoms with Gasteiger partial charge in [0.2, 0.25) is 0 Å². The van der Waals surface area contributed by atoms with Gasteiger partial charge in [0.25, 0.3) is 0 Å². The second kappa shape index (κ2) is 7.94. The van der Waals surface area contributed by atoms with Crippen LogP contribution in [-0.4, -0.2) is 47.3 Å². The van der Waals surface area contributed by atoms with Gasteiger partial charge in [-0.15, -0.1) is 0 Å². The molecule has 0 amide bonds. The predicted octanol–water partition coefficient (Wildman–Crippen LogP) is 3.17. The quantitative estimate of drug-likeness (QED) is 0.757. The lowest BCUT2D eigenvalue weighted by Gasteiger charge is -2.48. The number of hydrogen-bond acceptors (Lipinski definition) is 3. The van der Waals surface area contributed by atoms with Crippen molar-refractivity contribution < 1.29 is 5.11 Å². The van der Waals surface area contributed by atoms with E-state index in [1.54, 1.807) is 0 Å². The minimum absolute atomic E-state index is 0.128. The molecule has 0 spiro atoms. The number of likely N-dealkylation sites (tertiary alicyclic amines) is 1. The second-order valence-corrected chi connectivity index (χ2v) is 7.69. The summed E-state index contributed by atoms with van der Waals surface area (Å²) in [4.78, 5) is 2.77. The van der Waals surface area contributed by atoms with E-state index in [0.717, 1.165) is 31.3 Å². The van der Waals surface area contributed by atoms with Crippen LogP contribution in [0, 0.1) is 5.92 Å². The summed E-state index contributed by atoms with van der Waals surface area (Å²) in [5, 5.41) is 13.4. The van der Waals surface area contributed by atoms with Crippen LogP contribution in [0.1, 0.15) is 72.1 Å². The van der Waals surface area contributed by atoms with Gasteiger partial charge in [-0.2, -0.15) is 0 Å². The SMILES string of the molecule is CCCNC(C)(CO)CC(C)N1CCCC2CCCCC21. The lowest BCUT2D eigenvalue weighted by atomic mass is 9.77. The fraction of sp³-hybridized carbons (Fsp3) is 1.00. The van der Waals surface area contributed by atoms with Gasteiger partial charge >= 0.3 is 0 Å². The van der Waals surface area contributed by atoms with Gasteiger partial charge in [-0.05, 0) is 71.4 Å². The van der Waals surface area contributed by atoms with Crippen molar-refractivity contribution in [1.82, 2.24) is 10.2 Å². The largest absolute Gasteiger partial charge is 0.394 e. The molecule has 1 saturated heterocycles. The molecule has 3 heteroatoms. The fourth-order valence-corrected chi connectivity index (χ4v) is 4.60. The van der Waals surface area contributed by atoms with E-state index in [2.05, 4.69) is 31.0 Å². The van der Waals surface area contributed by atoms with Gasteiger partial charge in [-0.1, -0.05) is 19.8 Å². The molecule has 2 rings (SSSR count).